The van der Waals surface area contributed by atoms with Gasteiger partial charge in [-0.3, -0.25) is 4.79 Å². The molecule has 2 heterocycles. The van der Waals surface area contributed by atoms with Gasteiger partial charge in [-0.2, -0.15) is 5.10 Å². The first-order chi connectivity index (χ1) is 12.3. The van der Waals surface area contributed by atoms with Crippen molar-refractivity contribution in [2.45, 2.75) is 40.7 Å². The number of carbonyl (C=O) groups excluding carboxylic acids is 1. The Bertz CT molecular complexity index is 922. The molecule has 0 saturated carbocycles. The molecule has 1 aromatic carbocycles. The van der Waals surface area contributed by atoms with E-state index < -0.39 is 0 Å². The predicted molar refractivity (Wildman–Crippen MR) is 99.6 cm³/mol. The highest BCUT2D eigenvalue weighted by atomic mass is 35.5. The Morgan fingerprint density at radius 2 is 1.85 bits per heavy atom. The Labute approximate surface area is 157 Å². The van der Waals surface area contributed by atoms with Gasteiger partial charge in [-0.25, -0.2) is 9.67 Å². The fourth-order valence-electron chi connectivity index (χ4n) is 2.78. The van der Waals surface area contributed by atoms with Crippen molar-refractivity contribution in [2.75, 3.05) is 0 Å². The van der Waals surface area contributed by atoms with Gasteiger partial charge in [0.25, 0.3) is 0 Å². The van der Waals surface area contributed by atoms with Crippen LogP contribution in [-0.2, 0) is 17.8 Å². The first-order valence-electron chi connectivity index (χ1n) is 8.35. The number of hydrogen-bond acceptors (Lipinski definition) is 4. The number of aromatic nitrogens is 3. The molecular formula is C19H21ClN4O2. The van der Waals surface area contributed by atoms with Gasteiger partial charge < -0.3 is 9.73 Å². The van der Waals surface area contributed by atoms with E-state index in [1.807, 2.05) is 56.6 Å². The minimum Gasteiger partial charge on any atom is -0.444 e. The van der Waals surface area contributed by atoms with Crippen molar-refractivity contribution in [3.8, 4) is 5.69 Å². The maximum absolute atomic E-state index is 12.3. The summed E-state index contributed by atoms with van der Waals surface area (Å²) in [7, 11) is 0. The minimum atomic E-state index is -0.0969. The molecule has 0 fully saturated rings. The molecule has 1 amide bonds. The van der Waals surface area contributed by atoms with Crippen molar-refractivity contribution < 1.29 is 9.21 Å². The van der Waals surface area contributed by atoms with Crippen LogP contribution in [0.15, 0.2) is 28.7 Å². The Morgan fingerprint density at radius 3 is 2.46 bits per heavy atom. The third-order valence-electron chi connectivity index (χ3n) is 4.36. The van der Waals surface area contributed by atoms with Gasteiger partial charge in [-0.15, -0.1) is 0 Å². The second-order valence-corrected chi connectivity index (χ2v) is 6.68. The van der Waals surface area contributed by atoms with Crippen LogP contribution in [0, 0.1) is 27.7 Å². The summed E-state index contributed by atoms with van der Waals surface area (Å²) in [6, 6.07) is 7.44. The topological polar surface area (TPSA) is 73.0 Å². The summed E-state index contributed by atoms with van der Waals surface area (Å²) in [6.07, 6.45) is 0.254. The second-order valence-electron chi connectivity index (χ2n) is 6.24. The van der Waals surface area contributed by atoms with Crippen LogP contribution in [-0.4, -0.2) is 20.7 Å². The van der Waals surface area contributed by atoms with E-state index in [9.17, 15) is 4.79 Å². The Balaban J connectivity index is 1.71. The fraction of sp³-hybridized carbons (Fsp3) is 0.316. The van der Waals surface area contributed by atoms with Crippen molar-refractivity contribution in [3.63, 3.8) is 0 Å². The minimum absolute atomic E-state index is 0.0969. The molecule has 26 heavy (non-hydrogen) atoms. The SMILES string of the molecule is Cc1nc(CNC(=O)Cc2c(C)nn(-c3ccc(Cl)cc3)c2C)oc1C. The van der Waals surface area contributed by atoms with Crippen molar-refractivity contribution in [1.29, 1.82) is 0 Å². The standard InChI is InChI=1S/C19H21ClN4O2/c1-11-14(4)26-19(22-11)10-21-18(25)9-17-12(2)23-24(13(17)3)16-7-5-15(20)6-8-16/h5-8H,9-10H2,1-4H3,(H,21,25). The number of rotatable bonds is 5. The number of hydrogen-bond donors (Lipinski definition) is 1. The number of amides is 1. The van der Waals surface area contributed by atoms with E-state index in [2.05, 4.69) is 15.4 Å². The average molecular weight is 373 g/mol. The molecule has 3 aromatic rings. The molecule has 0 aliphatic heterocycles. The maximum atomic E-state index is 12.3. The number of benzene rings is 1. The highest BCUT2D eigenvalue weighted by molar-refractivity contribution is 6.30. The molecule has 0 atom stereocenters. The van der Waals surface area contributed by atoms with Crippen LogP contribution in [0.25, 0.3) is 5.69 Å². The van der Waals surface area contributed by atoms with Gasteiger partial charge in [-0.05, 0) is 52.0 Å². The van der Waals surface area contributed by atoms with Crippen LogP contribution < -0.4 is 5.32 Å². The molecule has 0 bridgehead atoms. The molecule has 0 radical (unpaired) electrons. The smallest absolute Gasteiger partial charge is 0.224 e. The summed E-state index contributed by atoms with van der Waals surface area (Å²) in [6.45, 7) is 7.87. The molecule has 7 heteroatoms. The summed E-state index contributed by atoms with van der Waals surface area (Å²) in [5.74, 6) is 1.18. The quantitative estimate of drug-likeness (QED) is 0.742. The largest absolute Gasteiger partial charge is 0.444 e. The van der Waals surface area contributed by atoms with Crippen LogP contribution in [0.3, 0.4) is 0 Å². The van der Waals surface area contributed by atoms with Crippen molar-refractivity contribution >= 4 is 17.5 Å². The first-order valence-corrected chi connectivity index (χ1v) is 8.73. The van der Waals surface area contributed by atoms with Gasteiger partial charge in [-0.1, -0.05) is 11.6 Å². The van der Waals surface area contributed by atoms with E-state index in [1.54, 1.807) is 0 Å². The monoisotopic (exact) mass is 372 g/mol. The molecule has 3 rings (SSSR count). The van der Waals surface area contributed by atoms with E-state index in [-0.39, 0.29) is 18.9 Å². The highest BCUT2D eigenvalue weighted by Crippen LogP contribution is 2.20. The highest BCUT2D eigenvalue weighted by Gasteiger charge is 2.16. The molecule has 1 N–H and O–H groups in total. The number of halogens is 1. The van der Waals surface area contributed by atoms with Crippen LogP contribution in [0.1, 0.15) is 34.3 Å². The van der Waals surface area contributed by atoms with Crippen molar-refractivity contribution in [3.05, 3.63) is 63.6 Å². The first kappa shape index (κ1) is 18.2. The van der Waals surface area contributed by atoms with Crippen molar-refractivity contribution in [1.82, 2.24) is 20.1 Å². The summed E-state index contributed by atoms with van der Waals surface area (Å²) in [5.41, 5.74) is 4.42. The predicted octanol–water partition coefficient (Wildman–Crippen LogP) is 3.61. The van der Waals surface area contributed by atoms with Gasteiger partial charge in [0.15, 0.2) is 0 Å². The van der Waals surface area contributed by atoms with E-state index >= 15 is 0 Å². The van der Waals surface area contributed by atoms with Crippen molar-refractivity contribution in [2.24, 2.45) is 0 Å². The summed E-state index contributed by atoms with van der Waals surface area (Å²) < 4.78 is 7.31. The molecular weight excluding hydrogens is 352 g/mol. The van der Waals surface area contributed by atoms with E-state index in [0.717, 1.165) is 34.1 Å². The lowest BCUT2D eigenvalue weighted by Gasteiger charge is -2.06. The van der Waals surface area contributed by atoms with E-state index in [0.29, 0.717) is 10.9 Å². The maximum Gasteiger partial charge on any atom is 0.224 e. The molecule has 0 aliphatic carbocycles. The number of nitrogens with one attached hydrogen (secondary N) is 1. The Morgan fingerprint density at radius 1 is 1.15 bits per heavy atom. The molecule has 6 nitrogen and oxygen atoms in total. The number of oxazole rings is 1. The molecule has 0 saturated heterocycles. The van der Waals surface area contributed by atoms with Crippen LogP contribution in [0.2, 0.25) is 5.02 Å². The molecule has 0 aliphatic rings. The zero-order valence-electron chi connectivity index (χ0n) is 15.3. The number of carbonyl (C=O) groups is 1. The van der Waals surface area contributed by atoms with Crippen LogP contribution in [0.5, 0.6) is 0 Å². The van der Waals surface area contributed by atoms with Crippen LogP contribution >= 0.6 is 11.6 Å². The fourth-order valence-corrected chi connectivity index (χ4v) is 2.90. The van der Waals surface area contributed by atoms with Gasteiger partial charge >= 0.3 is 0 Å². The molecule has 136 valence electrons. The average Bonchev–Trinajstić information content (AvgIpc) is 3.07. The van der Waals surface area contributed by atoms with Gasteiger partial charge in [0.05, 0.1) is 30.0 Å². The lowest BCUT2D eigenvalue weighted by molar-refractivity contribution is -0.120. The zero-order chi connectivity index (χ0) is 18.8. The lowest BCUT2D eigenvalue weighted by atomic mass is 10.1. The summed E-state index contributed by atoms with van der Waals surface area (Å²) in [4.78, 5) is 16.6. The molecule has 0 spiro atoms. The second kappa shape index (κ2) is 7.33. The zero-order valence-corrected chi connectivity index (χ0v) is 16.0. The Kier molecular flexibility index (Phi) is 5.13. The summed E-state index contributed by atoms with van der Waals surface area (Å²) >= 11 is 5.95. The third-order valence-corrected chi connectivity index (χ3v) is 4.61. The summed E-state index contributed by atoms with van der Waals surface area (Å²) in [5, 5.41) is 8.08. The number of nitrogens with zero attached hydrogens (tertiary/aromatic N) is 3. The lowest BCUT2D eigenvalue weighted by Crippen LogP contribution is -2.25. The van der Waals surface area contributed by atoms with E-state index in [1.165, 1.54) is 0 Å². The Hall–Kier alpha value is -2.60. The third kappa shape index (κ3) is 3.80. The van der Waals surface area contributed by atoms with Gasteiger partial charge in [0.2, 0.25) is 11.8 Å². The molecule has 2 aromatic heterocycles. The number of aryl methyl sites for hydroxylation is 3. The normalized spacial score (nSPS) is 11.0. The van der Waals surface area contributed by atoms with Gasteiger partial charge in [0.1, 0.15) is 5.76 Å². The molecule has 0 unspecified atom stereocenters. The van der Waals surface area contributed by atoms with E-state index in [4.69, 9.17) is 16.0 Å². The van der Waals surface area contributed by atoms with Gasteiger partial charge in [0, 0.05) is 16.3 Å². The van der Waals surface area contributed by atoms with Crippen LogP contribution in [0.4, 0.5) is 0 Å².